The molecule has 1 aromatic carbocycles. The highest BCUT2D eigenvalue weighted by Gasteiger charge is 2.09. The van der Waals surface area contributed by atoms with Crippen LogP contribution in [-0.2, 0) is 20.2 Å². The van der Waals surface area contributed by atoms with Crippen LogP contribution in [0.5, 0.6) is 0 Å². The molecule has 0 aliphatic carbocycles. The summed E-state index contributed by atoms with van der Waals surface area (Å²) in [5, 5.41) is 15.0. The van der Waals surface area contributed by atoms with E-state index in [1.54, 1.807) is 0 Å². The van der Waals surface area contributed by atoms with Crippen molar-refractivity contribution in [3.05, 3.63) is 54.0 Å². The molecule has 0 bridgehead atoms. The minimum atomic E-state index is 0.0533. The summed E-state index contributed by atoms with van der Waals surface area (Å²) in [6.07, 6.45) is 1.97. The minimum Gasteiger partial charge on any atom is -0.390 e. The molecule has 18 heavy (non-hydrogen) atoms. The van der Waals surface area contributed by atoms with Crippen molar-refractivity contribution in [3.63, 3.8) is 0 Å². The first kappa shape index (κ1) is 11.0. The molecule has 92 valence electrons. The van der Waals surface area contributed by atoms with E-state index in [2.05, 4.69) is 17.2 Å². The van der Waals surface area contributed by atoms with Gasteiger partial charge in [-0.1, -0.05) is 18.2 Å². The molecule has 2 aromatic heterocycles. The van der Waals surface area contributed by atoms with E-state index < -0.39 is 0 Å². The molecule has 0 amide bonds. The number of aryl methyl sites for hydroxylation is 1. The Morgan fingerprint density at radius 1 is 1.17 bits per heavy atom. The molecule has 0 aliphatic heterocycles. The molecule has 0 unspecified atom stereocenters. The Kier molecular flexibility index (Phi) is 2.64. The highest BCUT2D eigenvalue weighted by Crippen LogP contribution is 2.19. The van der Waals surface area contributed by atoms with Crippen LogP contribution in [0.2, 0.25) is 0 Å². The molecule has 0 saturated carbocycles. The van der Waals surface area contributed by atoms with E-state index in [0.29, 0.717) is 6.54 Å². The number of rotatable bonds is 3. The Bertz CT molecular complexity index is 681. The summed E-state index contributed by atoms with van der Waals surface area (Å²) in [6.45, 7) is 0.738. The summed E-state index contributed by atoms with van der Waals surface area (Å²) >= 11 is 0. The van der Waals surface area contributed by atoms with Gasteiger partial charge in [-0.25, -0.2) is 0 Å². The van der Waals surface area contributed by atoms with Crippen LogP contribution in [0.1, 0.15) is 11.4 Å². The number of aromatic nitrogens is 3. The summed E-state index contributed by atoms with van der Waals surface area (Å²) < 4.78 is 3.92. The summed E-state index contributed by atoms with van der Waals surface area (Å²) in [6, 6.07) is 12.1. The van der Waals surface area contributed by atoms with Crippen molar-refractivity contribution in [1.29, 1.82) is 0 Å². The van der Waals surface area contributed by atoms with Crippen LogP contribution in [0.3, 0.4) is 0 Å². The second-order valence-corrected chi connectivity index (χ2v) is 4.37. The van der Waals surface area contributed by atoms with Gasteiger partial charge in [0.05, 0.1) is 24.4 Å². The molecule has 0 saturated heterocycles. The van der Waals surface area contributed by atoms with Crippen molar-refractivity contribution < 1.29 is 5.11 Å². The Morgan fingerprint density at radius 3 is 2.83 bits per heavy atom. The average Bonchev–Trinajstić information content (AvgIpc) is 2.96. The van der Waals surface area contributed by atoms with E-state index in [9.17, 15) is 5.11 Å². The third-order valence-electron chi connectivity index (χ3n) is 3.24. The first-order valence-corrected chi connectivity index (χ1v) is 5.95. The topological polar surface area (TPSA) is 43.0 Å². The molecule has 0 aliphatic rings. The highest BCUT2D eigenvalue weighted by molar-refractivity contribution is 5.81. The number of hydrogen-bond donors (Lipinski definition) is 1. The smallest absolute Gasteiger partial charge is 0.0900 e. The zero-order valence-corrected chi connectivity index (χ0v) is 10.2. The first-order chi connectivity index (χ1) is 8.79. The Morgan fingerprint density at radius 2 is 2.00 bits per heavy atom. The van der Waals surface area contributed by atoms with Gasteiger partial charge in [0, 0.05) is 24.3 Å². The van der Waals surface area contributed by atoms with E-state index in [0.717, 1.165) is 22.3 Å². The maximum Gasteiger partial charge on any atom is 0.0900 e. The molecule has 4 heteroatoms. The molecule has 3 rings (SSSR count). The fourth-order valence-electron chi connectivity index (χ4n) is 2.31. The van der Waals surface area contributed by atoms with Gasteiger partial charge in [-0.2, -0.15) is 5.10 Å². The van der Waals surface area contributed by atoms with Crippen LogP contribution in [0.15, 0.2) is 42.6 Å². The van der Waals surface area contributed by atoms with E-state index in [4.69, 9.17) is 0 Å². The summed E-state index contributed by atoms with van der Waals surface area (Å²) in [7, 11) is 1.95. The SMILES string of the molecule is Cn1nc(Cn2cccc2CO)c2ccccc21. The number of para-hydroxylation sites is 1. The Hall–Kier alpha value is -2.07. The molecule has 4 nitrogen and oxygen atoms in total. The third-order valence-corrected chi connectivity index (χ3v) is 3.24. The van der Waals surface area contributed by atoms with Gasteiger partial charge in [0.15, 0.2) is 0 Å². The zero-order chi connectivity index (χ0) is 12.5. The van der Waals surface area contributed by atoms with Crippen LogP contribution >= 0.6 is 0 Å². The predicted molar refractivity (Wildman–Crippen MR) is 70.2 cm³/mol. The summed E-state index contributed by atoms with van der Waals surface area (Å²) in [5.74, 6) is 0. The molecule has 2 heterocycles. The zero-order valence-electron chi connectivity index (χ0n) is 10.2. The molecular weight excluding hydrogens is 226 g/mol. The van der Waals surface area contributed by atoms with E-state index in [1.165, 1.54) is 0 Å². The fraction of sp³-hybridized carbons (Fsp3) is 0.214. The van der Waals surface area contributed by atoms with Gasteiger partial charge in [0.2, 0.25) is 0 Å². The van der Waals surface area contributed by atoms with Gasteiger partial charge in [-0.05, 0) is 18.2 Å². The number of aliphatic hydroxyl groups excluding tert-OH is 1. The van der Waals surface area contributed by atoms with Gasteiger partial charge in [0.25, 0.3) is 0 Å². The van der Waals surface area contributed by atoms with Crippen LogP contribution in [-0.4, -0.2) is 19.5 Å². The summed E-state index contributed by atoms with van der Waals surface area (Å²) in [4.78, 5) is 0. The van der Waals surface area contributed by atoms with Crippen molar-refractivity contribution in [2.45, 2.75) is 13.2 Å². The number of aliphatic hydroxyl groups is 1. The Labute approximate surface area is 105 Å². The monoisotopic (exact) mass is 241 g/mol. The number of nitrogens with zero attached hydrogens (tertiary/aromatic N) is 3. The first-order valence-electron chi connectivity index (χ1n) is 5.95. The maximum atomic E-state index is 9.26. The van der Waals surface area contributed by atoms with Crippen LogP contribution in [0.25, 0.3) is 10.9 Å². The lowest BCUT2D eigenvalue weighted by Crippen LogP contribution is -2.04. The molecule has 0 spiro atoms. The van der Waals surface area contributed by atoms with Gasteiger partial charge < -0.3 is 9.67 Å². The van der Waals surface area contributed by atoms with Crippen molar-refractivity contribution in [3.8, 4) is 0 Å². The summed E-state index contributed by atoms with van der Waals surface area (Å²) in [5.41, 5.74) is 3.06. The van der Waals surface area contributed by atoms with E-state index in [-0.39, 0.29) is 6.61 Å². The molecular formula is C14H15N3O. The van der Waals surface area contributed by atoms with Gasteiger partial charge in [0.1, 0.15) is 0 Å². The van der Waals surface area contributed by atoms with Crippen LogP contribution in [0, 0.1) is 0 Å². The highest BCUT2D eigenvalue weighted by atomic mass is 16.3. The van der Waals surface area contributed by atoms with Gasteiger partial charge in [-0.15, -0.1) is 0 Å². The molecule has 0 fully saturated rings. The fourth-order valence-corrected chi connectivity index (χ4v) is 2.31. The van der Waals surface area contributed by atoms with Crippen molar-refractivity contribution in [1.82, 2.24) is 14.3 Å². The minimum absolute atomic E-state index is 0.0533. The maximum absolute atomic E-state index is 9.26. The lowest BCUT2D eigenvalue weighted by atomic mass is 10.2. The molecule has 1 N–H and O–H groups in total. The van der Waals surface area contributed by atoms with Gasteiger partial charge >= 0.3 is 0 Å². The molecule has 0 radical (unpaired) electrons. The molecule has 3 aromatic rings. The van der Waals surface area contributed by atoms with Crippen molar-refractivity contribution in [2.75, 3.05) is 0 Å². The lowest BCUT2D eigenvalue weighted by Gasteiger charge is -2.05. The predicted octanol–water partition coefficient (Wildman–Crippen LogP) is 1.92. The Balaban J connectivity index is 2.05. The number of hydrogen-bond acceptors (Lipinski definition) is 2. The van der Waals surface area contributed by atoms with E-state index in [1.807, 2.05) is 46.8 Å². The quantitative estimate of drug-likeness (QED) is 0.761. The van der Waals surface area contributed by atoms with Crippen LogP contribution < -0.4 is 0 Å². The number of fused-ring (bicyclic) bond motifs is 1. The van der Waals surface area contributed by atoms with Crippen molar-refractivity contribution >= 4 is 10.9 Å². The normalized spacial score (nSPS) is 11.2. The second-order valence-electron chi connectivity index (χ2n) is 4.37. The number of benzene rings is 1. The third kappa shape index (κ3) is 1.71. The standard InChI is InChI=1S/C14H15N3O/c1-16-14-7-3-2-6-12(14)13(15-16)9-17-8-4-5-11(17)10-18/h2-8,18H,9-10H2,1H3. The van der Waals surface area contributed by atoms with E-state index >= 15 is 0 Å². The average molecular weight is 241 g/mol. The largest absolute Gasteiger partial charge is 0.390 e. The second kappa shape index (κ2) is 4.31. The van der Waals surface area contributed by atoms with Crippen LogP contribution in [0.4, 0.5) is 0 Å². The van der Waals surface area contributed by atoms with Crippen molar-refractivity contribution in [2.24, 2.45) is 7.05 Å². The van der Waals surface area contributed by atoms with Gasteiger partial charge in [-0.3, -0.25) is 4.68 Å². The molecule has 0 atom stereocenters. The lowest BCUT2D eigenvalue weighted by molar-refractivity contribution is 0.271.